The maximum atomic E-state index is 4.66. The first-order chi connectivity index (χ1) is 9.01. The minimum absolute atomic E-state index is 0.572. The van der Waals surface area contributed by atoms with Crippen molar-refractivity contribution in [1.29, 1.82) is 0 Å². The van der Waals surface area contributed by atoms with Crippen molar-refractivity contribution < 1.29 is 0 Å². The maximum Gasteiger partial charge on any atom is 0.165 e. The Morgan fingerprint density at radius 2 is 2.05 bits per heavy atom. The zero-order valence-corrected chi connectivity index (χ0v) is 12.2. The number of nitrogens with zero attached hydrogens (tertiary/aromatic N) is 4. The summed E-state index contributed by atoms with van der Waals surface area (Å²) in [6.45, 7) is 6.41. The van der Waals surface area contributed by atoms with Crippen LogP contribution in [0.3, 0.4) is 0 Å². The summed E-state index contributed by atoms with van der Waals surface area (Å²) in [6, 6.07) is 2.01. The average molecular weight is 259 g/mol. The lowest BCUT2D eigenvalue weighted by Crippen LogP contribution is -2.04. The van der Waals surface area contributed by atoms with Crippen molar-refractivity contribution in [1.82, 2.24) is 19.7 Å². The number of anilines is 1. The van der Waals surface area contributed by atoms with E-state index in [1.807, 2.05) is 38.0 Å². The zero-order valence-electron chi connectivity index (χ0n) is 12.2. The third-order valence-electron chi connectivity index (χ3n) is 3.13. The standard InChI is InChI=1S/C14H21N5/c1-9(2)6-11-7-13(15-4)18-14(17-11)12-8-16-19(5)10(12)3/h7-9H,6H2,1-5H3,(H,15,17,18). The molecule has 0 bridgehead atoms. The summed E-state index contributed by atoms with van der Waals surface area (Å²) in [5, 5.41) is 7.35. The predicted octanol–water partition coefficient (Wildman–Crippen LogP) is 2.43. The Labute approximate surface area is 114 Å². The summed E-state index contributed by atoms with van der Waals surface area (Å²) in [4.78, 5) is 9.19. The van der Waals surface area contributed by atoms with Crippen LogP contribution in [0.5, 0.6) is 0 Å². The third kappa shape index (κ3) is 2.92. The van der Waals surface area contributed by atoms with E-state index in [1.165, 1.54) is 0 Å². The van der Waals surface area contributed by atoms with Gasteiger partial charge in [-0.2, -0.15) is 5.10 Å². The quantitative estimate of drug-likeness (QED) is 0.916. The Balaban J connectivity index is 2.47. The van der Waals surface area contributed by atoms with Crippen LogP contribution < -0.4 is 5.32 Å². The molecule has 0 aliphatic carbocycles. The van der Waals surface area contributed by atoms with Crippen LogP contribution in [0.2, 0.25) is 0 Å². The fourth-order valence-corrected chi connectivity index (χ4v) is 1.99. The molecule has 0 spiro atoms. The van der Waals surface area contributed by atoms with Crippen LogP contribution >= 0.6 is 0 Å². The van der Waals surface area contributed by atoms with Gasteiger partial charge in [0, 0.05) is 31.5 Å². The maximum absolute atomic E-state index is 4.66. The highest BCUT2D eigenvalue weighted by molar-refractivity contribution is 5.59. The molecule has 5 heteroatoms. The molecule has 0 saturated heterocycles. The molecule has 2 rings (SSSR count). The fourth-order valence-electron chi connectivity index (χ4n) is 1.99. The summed E-state index contributed by atoms with van der Waals surface area (Å²) in [7, 11) is 3.80. The molecule has 0 aliphatic heterocycles. The Morgan fingerprint density at radius 1 is 1.32 bits per heavy atom. The topological polar surface area (TPSA) is 55.6 Å². The monoisotopic (exact) mass is 259 g/mol. The first kappa shape index (κ1) is 13.5. The molecule has 2 aromatic heterocycles. The molecule has 0 unspecified atom stereocenters. The molecule has 0 fully saturated rings. The molecule has 0 radical (unpaired) electrons. The first-order valence-electron chi connectivity index (χ1n) is 6.56. The third-order valence-corrected chi connectivity index (χ3v) is 3.13. The molecule has 19 heavy (non-hydrogen) atoms. The molecule has 5 nitrogen and oxygen atoms in total. The highest BCUT2D eigenvalue weighted by atomic mass is 15.3. The second-order valence-electron chi connectivity index (χ2n) is 5.18. The number of aromatic nitrogens is 4. The highest BCUT2D eigenvalue weighted by Crippen LogP contribution is 2.21. The van der Waals surface area contributed by atoms with Crippen LogP contribution in [0.4, 0.5) is 5.82 Å². The van der Waals surface area contributed by atoms with Gasteiger partial charge in [0.05, 0.1) is 11.8 Å². The number of aryl methyl sites for hydroxylation is 1. The molecule has 0 aliphatic rings. The van der Waals surface area contributed by atoms with E-state index in [-0.39, 0.29) is 0 Å². The Morgan fingerprint density at radius 3 is 2.58 bits per heavy atom. The molecule has 0 atom stereocenters. The van der Waals surface area contributed by atoms with Crippen LogP contribution in [-0.2, 0) is 13.5 Å². The van der Waals surface area contributed by atoms with Crippen LogP contribution in [0.15, 0.2) is 12.3 Å². The Kier molecular flexibility index (Phi) is 3.83. The average Bonchev–Trinajstić information content (AvgIpc) is 2.69. The van der Waals surface area contributed by atoms with Gasteiger partial charge >= 0.3 is 0 Å². The van der Waals surface area contributed by atoms with E-state index >= 15 is 0 Å². The second-order valence-corrected chi connectivity index (χ2v) is 5.18. The number of rotatable bonds is 4. The fraction of sp³-hybridized carbons (Fsp3) is 0.500. The van der Waals surface area contributed by atoms with E-state index in [0.29, 0.717) is 5.92 Å². The molecule has 2 aromatic rings. The lowest BCUT2D eigenvalue weighted by Gasteiger charge is -2.09. The van der Waals surface area contributed by atoms with E-state index in [9.17, 15) is 0 Å². The lowest BCUT2D eigenvalue weighted by atomic mass is 10.1. The van der Waals surface area contributed by atoms with Crippen molar-refractivity contribution >= 4 is 5.82 Å². The lowest BCUT2D eigenvalue weighted by molar-refractivity contribution is 0.635. The van der Waals surface area contributed by atoms with Crippen molar-refractivity contribution in [2.24, 2.45) is 13.0 Å². The summed E-state index contributed by atoms with van der Waals surface area (Å²) < 4.78 is 1.84. The summed E-state index contributed by atoms with van der Waals surface area (Å²) in [6.07, 6.45) is 2.77. The second kappa shape index (κ2) is 5.38. The van der Waals surface area contributed by atoms with Gasteiger partial charge in [0.15, 0.2) is 5.82 Å². The minimum Gasteiger partial charge on any atom is -0.373 e. The Hall–Kier alpha value is -1.91. The van der Waals surface area contributed by atoms with Gasteiger partial charge in [-0.25, -0.2) is 9.97 Å². The van der Waals surface area contributed by atoms with Gasteiger partial charge in [-0.15, -0.1) is 0 Å². The number of nitrogens with one attached hydrogen (secondary N) is 1. The van der Waals surface area contributed by atoms with Crippen molar-refractivity contribution in [3.63, 3.8) is 0 Å². The van der Waals surface area contributed by atoms with Crippen LogP contribution in [0.1, 0.15) is 25.2 Å². The van der Waals surface area contributed by atoms with Gasteiger partial charge in [0.1, 0.15) is 5.82 Å². The molecule has 1 N–H and O–H groups in total. The van der Waals surface area contributed by atoms with Crippen LogP contribution in [-0.4, -0.2) is 26.8 Å². The SMILES string of the molecule is CNc1cc(CC(C)C)nc(-c2cnn(C)c2C)n1. The van der Waals surface area contributed by atoms with Crippen molar-refractivity contribution in [3.8, 4) is 11.4 Å². The minimum atomic E-state index is 0.572. The van der Waals surface area contributed by atoms with E-state index in [1.54, 1.807) is 0 Å². The molecule has 102 valence electrons. The van der Waals surface area contributed by atoms with E-state index in [2.05, 4.69) is 34.2 Å². The van der Waals surface area contributed by atoms with Gasteiger partial charge in [-0.1, -0.05) is 13.8 Å². The molecular formula is C14H21N5. The molecule has 2 heterocycles. The van der Waals surface area contributed by atoms with Gasteiger partial charge < -0.3 is 5.32 Å². The number of hydrogen-bond acceptors (Lipinski definition) is 4. The van der Waals surface area contributed by atoms with Gasteiger partial charge in [0.2, 0.25) is 0 Å². The van der Waals surface area contributed by atoms with Gasteiger partial charge in [-0.05, 0) is 19.3 Å². The Bertz CT molecular complexity index is 571. The van der Waals surface area contributed by atoms with Crippen molar-refractivity contribution in [2.45, 2.75) is 27.2 Å². The predicted molar refractivity (Wildman–Crippen MR) is 77.1 cm³/mol. The first-order valence-corrected chi connectivity index (χ1v) is 6.56. The van der Waals surface area contributed by atoms with Crippen LogP contribution in [0, 0.1) is 12.8 Å². The summed E-state index contributed by atoms with van der Waals surface area (Å²) in [5.41, 5.74) is 3.13. The van der Waals surface area contributed by atoms with E-state index in [4.69, 9.17) is 0 Å². The smallest absolute Gasteiger partial charge is 0.165 e. The normalized spacial score (nSPS) is 11.1. The van der Waals surface area contributed by atoms with Crippen molar-refractivity contribution in [2.75, 3.05) is 12.4 Å². The van der Waals surface area contributed by atoms with Crippen molar-refractivity contribution in [3.05, 3.63) is 23.7 Å². The molecular weight excluding hydrogens is 238 g/mol. The highest BCUT2D eigenvalue weighted by Gasteiger charge is 2.12. The van der Waals surface area contributed by atoms with Gasteiger partial charge in [-0.3, -0.25) is 4.68 Å². The number of hydrogen-bond donors (Lipinski definition) is 1. The largest absolute Gasteiger partial charge is 0.373 e. The zero-order chi connectivity index (χ0) is 14.0. The molecule has 0 saturated carbocycles. The molecule has 0 aromatic carbocycles. The van der Waals surface area contributed by atoms with Gasteiger partial charge in [0.25, 0.3) is 0 Å². The van der Waals surface area contributed by atoms with Crippen LogP contribution in [0.25, 0.3) is 11.4 Å². The summed E-state index contributed by atoms with van der Waals surface area (Å²) in [5.74, 6) is 2.17. The van der Waals surface area contributed by atoms with E-state index in [0.717, 1.165) is 35.0 Å². The summed E-state index contributed by atoms with van der Waals surface area (Å²) >= 11 is 0. The van der Waals surface area contributed by atoms with E-state index < -0.39 is 0 Å². The molecule has 0 amide bonds.